The highest BCUT2D eigenvalue weighted by molar-refractivity contribution is 7.51. The first-order valence-corrected chi connectivity index (χ1v) is 29.2. The lowest BCUT2D eigenvalue weighted by Gasteiger charge is -2.32. The monoisotopic (exact) mass is 818 g/mol. The third-order valence-electron chi connectivity index (χ3n) is 9.17. The fraction of sp³-hybridized carbons (Fsp3) is 0.577. The van der Waals surface area contributed by atoms with Crippen LogP contribution in [0.2, 0.25) is 39.3 Å². The van der Waals surface area contributed by atoms with Gasteiger partial charge in [0, 0.05) is 10.6 Å². The van der Waals surface area contributed by atoms with Crippen molar-refractivity contribution in [3.8, 4) is 46.6 Å². The quantitative estimate of drug-likeness (QED) is 0.161. The Morgan fingerprint density at radius 2 is 0.607 bits per heavy atom. The Bertz CT molecular complexity index is 1880. The van der Waals surface area contributed by atoms with Gasteiger partial charge in [-0.3, -0.25) is 0 Å². The molecule has 0 unspecified atom stereocenters. The summed E-state index contributed by atoms with van der Waals surface area (Å²) in [7, 11) is -1.26. The fourth-order valence-corrected chi connectivity index (χ4v) is 9.92. The van der Waals surface area contributed by atoms with Gasteiger partial charge in [-0.05, 0) is 106 Å². The van der Waals surface area contributed by atoms with Crippen molar-refractivity contribution in [2.45, 2.75) is 196 Å². The van der Waals surface area contributed by atoms with Gasteiger partial charge in [0.05, 0.1) is 0 Å². The zero-order valence-electron chi connectivity index (χ0n) is 40.2. The molecular weight excluding hydrogens is 743 g/mol. The summed E-state index contributed by atoms with van der Waals surface area (Å²) in [4.78, 5) is 0. The summed E-state index contributed by atoms with van der Waals surface area (Å²) in [6.45, 7) is 55.6. The van der Waals surface area contributed by atoms with E-state index in [1.165, 1.54) is 44.0 Å². The van der Waals surface area contributed by atoms with E-state index >= 15 is 0 Å². The maximum atomic E-state index is 3.64. The molecule has 0 saturated heterocycles. The summed E-state index contributed by atoms with van der Waals surface area (Å²) in [5, 5.41) is 4.48. The smallest absolute Gasteiger partial charge is 0.126 e. The molecule has 0 fully saturated rings. The van der Waals surface area contributed by atoms with Gasteiger partial charge in [0.25, 0.3) is 0 Å². The van der Waals surface area contributed by atoms with Crippen LogP contribution in [0.25, 0.3) is 0 Å². The molecule has 2 rings (SSSR count). The maximum absolute atomic E-state index is 3.64. The first-order valence-electron chi connectivity index (χ1n) is 20.5. The predicted octanol–water partition coefficient (Wildman–Crippen LogP) is 13.4. The van der Waals surface area contributed by atoms with Gasteiger partial charge in [0.2, 0.25) is 0 Å². The Morgan fingerprint density at radius 1 is 0.375 bits per heavy atom. The second-order valence-corrected chi connectivity index (χ2v) is 35.5. The van der Waals surface area contributed by atoms with E-state index in [2.05, 4.69) is 235 Å². The SMILES string of the molecule is CC(C)(C)c1cc(C(C)(C)C)c(P=C(C#CC#CC(C#C[Si](C)(C)C)=Pc2c(C(C)(C)C)cc(C(C)(C)C)cc2C(C)(C)C)C#C[Si](C)(C)C)c(C(C)(C)C)c1. The van der Waals surface area contributed by atoms with Gasteiger partial charge in [-0.25, -0.2) is 0 Å². The number of hydrogen-bond acceptors (Lipinski definition) is 0. The predicted molar refractivity (Wildman–Crippen MR) is 266 cm³/mol. The molecule has 0 heterocycles. The van der Waals surface area contributed by atoms with Crippen LogP contribution < -0.4 is 10.6 Å². The molecule has 0 bridgehead atoms. The van der Waals surface area contributed by atoms with Crippen molar-refractivity contribution in [3.63, 3.8) is 0 Å². The molecule has 0 atom stereocenters. The van der Waals surface area contributed by atoms with Crippen molar-refractivity contribution in [2.75, 3.05) is 0 Å². The summed E-state index contributed by atoms with van der Waals surface area (Å²) < 4.78 is 0. The summed E-state index contributed by atoms with van der Waals surface area (Å²) in [5.74, 6) is 20.8. The highest BCUT2D eigenvalue weighted by Gasteiger charge is 2.30. The molecule has 0 amide bonds. The topological polar surface area (TPSA) is 0 Å². The van der Waals surface area contributed by atoms with E-state index in [0.29, 0.717) is 0 Å². The molecule has 2 aromatic rings. The minimum absolute atomic E-state index is 0.0385. The largest absolute Gasteiger partial charge is 0.129 e. The molecule has 0 spiro atoms. The first kappa shape index (κ1) is 49.6. The van der Waals surface area contributed by atoms with Crippen LogP contribution in [-0.2, 0) is 32.5 Å². The summed E-state index contributed by atoms with van der Waals surface area (Å²) in [6, 6.07) is 9.77. The van der Waals surface area contributed by atoms with Crippen LogP contribution in [0.1, 0.15) is 158 Å². The van der Waals surface area contributed by atoms with Crippen LogP contribution in [-0.4, -0.2) is 26.7 Å². The van der Waals surface area contributed by atoms with Crippen molar-refractivity contribution in [1.29, 1.82) is 0 Å². The average molecular weight is 819 g/mol. The molecular formula is C52H76P2Si2. The van der Waals surface area contributed by atoms with Crippen LogP contribution >= 0.6 is 16.4 Å². The standard InChI is InChI=1S/C52H76P2Si2/c1-47(2,3)37-33-41(49(7,8)9)45(42(34-37)50(10,11)12)53-39(29-31-55(19,20)21)27-25-26-28-40(30-32-56(22,23)24)54-46-43(51(13,14)15)35-38(48(4,5)6)36-44(46)52(16,17)18/h33-36H,1-24H3. The van der Waals surface area contributed by atoms with Crippen molar-refractivity contribution < 1.29 is 0 Å². The number of rotatable bonds is 2. The van der Waals surface area contributed by atoms with E-state index in [0.717, 1.165) is 27.0 Å². The molecule has 0 aliphatic heterocycles. The Labute approximate surface area is 352 Å². The lowest BCUT2D eigenvalue weighted by atomic mass is 9.75. The normalized spacial score (nSPS) is 13.7. The highest BCUT2D eigenvalue weighted by atomic mass is 31.1. The zero-order valence-corrected chi connectivity index (χ0v) is 44.0. The molecule has 0 nitrogen and oxygen atoms in total. The van der Waals surface area contributed by atoms with Gasteiger partial charge in [0.1, 0.15) is 26.7 Å². The Balaban J connectivity index is 3.12. The second kappa shape index (κ2) is 17.4. The summed E-state index contributed by atoms with van der Waals surface area (Å²) in [6.07, 6.45) is 0. The molecule has 56 heavy (non-hydrogen) atoms. The molecule has 2 aromatic carbocycles. The van der Waals surface area contributed by atoms with E-state index in [4.69, 9.17) is 0 Å². The highest BCUT2D eigenvalue weighted by Crippen LogP contribution is 2.37. The van der Waals surface area contributed by atoms with Crippen LogP contribution in [0.3, 0.4) is 0 Å². The maximum Gasteiger partial charge on any atom is 0.129 e. The third kappa shape index (κ3) is 15.3. The first-order chi connectivity index (χ1) is 24.8. The summed E-state index contributed by atoms with van der Waals surface area (Å²) in [5.41, 5.74) is 15.4. The van der Waals surface area contributed by atoms with E-state index in [1.807, 2.05) is 0 Å². The number of benzene rings is 2. The molecule has 0 aromatic heterocycles. The van der Waals surface area contributed by atoms with Gasteiger partial charge >= 0.3 is 0 Å². The van der Waals surface area contributed by atoms with Crippen molar-refractivity contribution >= 4 is 53.8 Å². The van der Waals surface area contributed by atoms with Gasteiger partial charge < -0.3 is 0 Å². The van der Waals surface area contributed by atoms with Crippen molar-refractivity contribution in [1.82, 2.24) is 0 Å². The minimum Gasteiger partial charge on any atom is -0.126 e. The molecule has 4 heteroatoms. The van der Waals surface area contributed by atoms with Crippen LogP contribution in [0.4, 0.5) is 0 Å². The fourth-order valence-electron chi connectivity index (χ4n) is 5.73. The molecule has 0 radical (unpaired) electrons. The number of hydrogen-bond donors (Lipinski definition) is 0. The lowest BCUT2D eigenvalue weighted by Crippen LogP contribution is -2.30. The van der Waals surface area contributed by atoms with Crippen LogP contribution in [0.5, 0.6) is 0 Å². The Kier molecular flexibility index (Phi) is 15.4. The van der Waals surface area contributed by atoms with Gasteiger partial charge in [-0.2, -0.15) is 0 Å². The van der Waals surface area contributed by atoms with E-state index in [-0.39, 0.29) is 32.5 Å². The van der Waals surface area contributed by atoms with E-state index in [9.17, 15) is 0 Å². The zero-order chi connectivity index (χ0) is 43.7. The van der Waals surface area contributed by atoms with Crippen LogP contribution in [0, 0.1) is 46.6 Å². The van der Waals surface area contributed by atoms with E-state index < -0.39 is 16.1 Å². The lowest BCUT2D eigenvalue weighted by molar-refractivity contribution is 0.553. The van der Waals surface area contributed by atoms with Crippen molar-refractivity contribution in [2.24, 2.45) is 0 Å². The third-order valence-corrected chi connectivity index (χ3v) is 13.2. The molecule has 0 aliphatic carbocycles. The Morgan fingerprint density at radius 3 is 0.786 bits per heavy atom. The van der Waals surface area contributed by atoms with Gasteiger partial charge in [0.15, 0.2) is 0 Å². The minimum atomic E-state index is -1.68. The average Bonchev–Trinajstić information content (AvgIpc) is 2.96. The molecule has 0 aliphatic rings. The van der Waals surface area contributed by atoms with Gasteiger partial charge in [-0.15, -0.1) is 11.1 Å². The molecule has 0 saturated carbocycles. The second-order valence-electron chi connectivity index (χ2n) is 23.8. The molecule has 302 valence electrons. The van der Waals surface area contributed by atoms with Crippen LogP contribution in [0.15, 0.2) is 24.3 Å². The van der Waals surface area contributed by atoms with Gasteiger partial charge in [-0.1, -0.05) is 200 Å². The van der Waals surface area contributed by atoms with E-state index in [1.54, 1.807) is 0 Å². The molecule has 0 N–H and O–H groups in total. The summed E-state index contributed by atoms with van der Waals surface area (Å²) >= 11 is 0. The van der Waals surface area contributed by atoms with Crippen molar-refractivity contribution in [3.05, 3.63) is 57.6 Å². The Hall–Kier alpha value is -2.55.